The number of hydrogen-bond donors (Lipinski definition) is 0. The summed E-state index contributed by atoms with van der Waals surface area (Å²) in [5.74, 6) is 1.54. The molecule has 0 bridgehead atoms. The van der Waals surface area contributed by atoms with E-state index in [1.807, 2.05) is 13.8 Å². The summed E-state index contributed by atoms with van der Waals surface area (Å²) in [6, 6.07) is 0. The molecule has 1 saturated carbocycles. The number of carbonyl (C=O) groups is 1. The first-order valence-corrected chi connectivity index (χ1v) is 8.70. The molecule has 124 valence electrons. The van der Waals surface area contributed by atoms with Crippen molar-refractivity contribution in [2.45, 2.75) is 46.5 Å². The molecule has 0 N–H and O–H groups in total. The van der Waals surface area contributed by atoms with Crippen LogP contribution in [0.2, 0.25) is 0 Å². The summed E-state index contributed by atoms with van der Waals surface area (Å²) in [4.78, 5) is 16.9. The highest BCUT2D eigenvalue weighted by Gasteiger charge is 2.29. The predicted molar refractivity (Wildman–Crippen MR) is 87.4 cm³/mol. The van der Waals surface area contributed by atoms with Crippen LogP contribution in [0, 0.1) is 11.8 Å². The van der Waals surface area contributed by atoms with Gasteiger partial charge in [-0.25, -0.2) is 0 Å². The average Bonchev–Trinajstić information content (AvgIpc) is 2.55. The zero-order valence-corrected chi connectivity index (χ0v) is 14.4. The summed E-state index contributed by atoms with van der Waals surface area (Å²) < 4.78 is 5.10. The summed E-state index contributed by atoms with van der Waals surface area (Å²) in [5, 5.41) is 0. The van der Waals surface area contributed by atoms with E-state index in [2.05, 4.69) is 16.7 Å². The van der Waals surface area contributed by atoms with Crippen LogP contribution >= 0.6 is 0 Å². The summed E-state index contributed by atoms with van der Waals surface area (Å²) in [6.45, 7) is 11.9. The number of rotatable bonds is 4. The van der Waals surface area contributed by atoms with E-state index < -0.39 is 0 Å². The highest BCUT2D eigenvalue weighted by Crippen LogP contribution is 2.29. The SMILES string of the molecule is CC.COCCN1CCN(C(=O)C2CCC(C)CC2)CC1. The first-order valence-electron chi connectivity index (χ1n) is 8.70. The van der Waals surface area contributed by atoms with E-state index in [-0.39, 0.29) is 0 Å². The highest BCUT2D eigenvalue weighted by atomic mass is 16.5. The Bertz CT molecular complexity index is 281. The van der Waals surface area contributed by atoms with Crippen molar-refractivity contribution in [3.05, 3.63) is 0 Å². The average molecular weight is 298 g/mol. The van der Waals surface area contributed by atoms with Crippen molar-refractivity contribution >= 4 is 5.91 Å². The van der Waals surface area contributed by atoms with Gasteiger partial charge in [-0.3, -0.25) is 9.69 Å². The Morgan fingerprint density at radius 2 is 1.62 bits per heavy atom. The Balaban J connectivity index is 0.00000106. The second kappa shape index (κ2) is 10.2. The molecule has 1 amide bonds. The number of hydrogen-bond acceptors (Lipinski definition) is 3. The molecular weight excluding hydrogens is 264 g/mol. The van der Waals surface area contributed by atoms with Crippen LogP contribution in [0.5, 0.6) is 0 Å². The Morgan fingerprint density at radius 3 is 2.14 bits per heavy atom. The van der Waals surface area contributed by atoms with Crippen LogP contribution in [0.25, 0.3) is 0 Å². The Kier molecular flexibility index (Phi) is 8.93. The standard InChI is InChI=1S/C15H28N2O2.C2H6/c1-13-3-5-14(6-4-13)15(18)17-9-7-16(8-10-17)11-12-19-2;1-2/h13-14H,3-12H2,1-2H3;1-2H3. The van der Waals surface area contributed by atoms with Crippen molar-refractivity contribution in [2.24, 2.45) is 11.8 Å². The van der Waals surface area contributed by atoms with Crippen LogP contribution in [0.4, 0.5) is 0 Å². The fourth-order valence-electron chi connectivity index (χ4n) is 3.18. The van der Waals surface area contributed by atoms with Gasteiger partial charge in [-0.15, -0.1) is 0 Å². The fourth-order valence-corrected chi connectivity index (χ4v) is 3.18. The minimum Gasteiger partial charge on any atom is -0.383 e. The molecule has 0 unspecified atom stereocenters. The van der Waals surface area contributed by atoms with Crippen molar-refractivity contribution in [1.82, 2.24) is 9.80 Å². The molecule has 0 aromatic rings. The number of carbonyl (C=O) groups excluding carboxylic acids is 1. The maximum Gasteiger partial charge on any atom is 0.225 e. The number of piperazine rings is 1. The number of amides is 1. The van der Waals surface area contributed by atoms with Gasteiger partial charge in [0.05, 0.1) is 6.61 Å². The molecule has 4 nitrogen and oxygen atoms in total. The molecule has 0 aromatic heterocycles. The van der Waals surface area contributed by atoms with Gasteiger partial charge in [-0.1, -0.05) is 20.8 Å². The van der Waals surface area contributed by atoms with Crippen molar-refractivity contribution in [1.29, 1.82) is 0 Å². The molecule has 4 heteroatoms. The Morgan fingerprint density at radius 1 is 1.05 bits per heavy atom. The first-order chi connectivity index (χ1) is 10.2. The largest absolute Gasteiger partial charge is 0.383 e. The maximum atomic E-state index is 12.5. The smallest absolute Gasteiger partial charge is 0.225 e. The van der Waals surface area contributed by atoms with Crippen molar-refractivity contribution in [3.63, 3.8) is 0 Å². The highest BCUT2D eigenvalue weighted by molar-refractivity contribution is 5.79. The van der Waals surface area contributed by atoms with Crippen molar-refractivity contribution < 1.29 is 9.53 Å². The lowest BCUT2D eigenvalue weighted by Gasteiger charge is -2.37. The summed E-state index contributed by atoms with van der Waals surface area (Å²) >= 11 is 0. The van der Waals surface area contributed by atoms with Gasteiger partial charge in [-0.2, -0.15) is 0 Å². The van der Waals surface area contributed by atoms with Gasteiger partial charge < -0.3 is 9.64 Å². The molecule has 2 rings (SSSR count). The lowest BCUT2D eigenvalue weighted by molar-refractivity contribution is -0.138. The lowest BCUT2D eigenvalue weighted by atomic mass is 9.82. The van der Waals surface area contributed by atoms with Crippen LogP contribution in [-0.2, 0) is 9.53 Å². The zero-order valence-electron chi connectivity index (χ0n) is 14.4. The molecule has 21 heavy (non-hydrogen) atoms. The summed E-state index contributed by atoms with van der Waals surface area (Å²) in [7, 11) is 1.74. The number of methoxy groups -OCH3 is 1. The number of nitrogens with zero attached hydrogens (tertiary/aromatic N) is 2. The van der Waals surface area contributed by atoms with E-state index in [1.165, 1.54) is 12.8 Å². The van der Waals surface area contributed by atoms with Crippen molar-refractivity contribution in [2.75, 3.05) is 46.4 Å². The van der Waals surface area contributed by atoms with Gasteiger partial charge in [0, 0.05) is 45.8 Å². The van der Waals surface area contributed by atoms with Gasteiger partial charge in [0.15, 0.2) is 0 Å². The zero-order chi connectivity index (χ0) is 15.7. The fraction of sp³-hybridized carbons (Fsp3) is 0.941. The molecular formula is C17H34N2O2. The molecule has 1 saturated heterocycles. The van der Waals surface area contributed by atoms with Crippen LogP contribution in [-0.4, -0.2) is 62.1 Å². The molecule has 0 aromatic carbocycles. The van der Waals surface area contributed by atoms with Gasteiger partial charge >= 0.3 is 0 Å². The third-order valence-corrected chi connectivity index (χ3v) is 4.66. The van der Waals surface area contributed by atoms with Crippen LogP contribution in [0.15, 0.2) is 0 Å². The molecule has 1 aliphatic heterocycles. The summed E-state index contributed by atoms with van der Waals surface area (Å²) in [6.07, 6.45) is 4.65. The molecule has 0 atom stereocenters. The van der Waals surface area contributed by atoms with Gasteiger partial charge in [0.2, 0.25) is 5.91 Å². The third kappa shape index (κ3) is 5.95. The van der Waals surface area contributed by atoms with Crippen LogP contribution < -0.4 is 0 Å². The third-order valence-electron chi connectivity index (χ3n) is 4.66. The topological polar surface area (TPSA) is 32.8 Å². The quantitative estimate of drug-likeness (QED) is 0.800. The monoisotopic (exact) mass is 298 g/mol. The maximum absolute atomic E-state index is 12.5. The van der Waals surface area contributed by atoms with E-state index in [0.717, 1.165) is 58.1 Å². The molecule has 0 radical (unpaired) electrons. The van der Waals surface area contributed by atoms with Crippen LogP contribution in [0.3, 0.4) is 0 Å². The van der Waals surface area contributed by atoms with Gasteiger partial charge in [-0.05, 0) is 31.6 Å². The van der Waals surface area contributed by atoms with E-state index in [0.29, 0.717) is 11.8 Å². The van der Waals surface area contributed by atoms with E-state index in [1.54, 1.807) is 7.11 Å². The first kappa shape index (κ1) is 18.4. The minimum absolute atomic E-state index is 0.307. The predicted octanol–water partition coefficient (Wildman–Crippen LogP) is 2.63. The lowest BCUT2D eigenvalue weighted by Crippen LogP contribution is -2.51. The molecule has 2 fully saturated rings. The van der Waals surface area contributed by atoms with Gasteiger partial charge in [0.1, 0.15) is 0 Å². The second-order valence-electron chi connectivity index (χ2n) is 6.12. The minimum atomic E-state index is 0.307. The van der Waals surface area contributed by atoms with E-state index in [9.17, 15) is 4.79 Å². The summed E-state index contributed by atoms with van der Waals surface area (Å²) in [5.41, 5.74) is 0. The second-order valence-corrected chi connectivity index (χ2v) is 6.12. The molecule has 0 spiro atoms. The van der Waals surface area contributed by atoms with E-state index >= 15 is 0 Å². The van der Waals surface area contributed by atoms with E-state index in [4.69, 9.17) is 4.74 Å². The molecule has 1 heterocycles. The molecule has 2 aliphatic rings. The van der Waals surface area contributed by atoms with Crippen LogP contribution in [0.1, 0.15) is 46.5 Å². The Labute approximate surface area is 130 Å². The normalized spacial score (nSPS) is 27.0. The van der Waals surface area contributed by atoms with Crippen molar-refractivity contribution in [3.8, 4) is 0 Å². The molecule has 1 aliphatic carbocycles. The Hall–Kier alpha value is -0.610. The van der Waals surface area contributed by atoms with Gasteiger partial charge in [0.25, 0.3) is 0 Å². The number of ether oxygens (including phenoxy) is 1.